The second-order valence-corrected chi connectivity index (χ2v) is 5.58. The van der Waals surface area contributed by atoms with E-state index < -0.39 is 17.5 Å². The number of esters is 1. The Balaban J connectivity index is 2.19. The minimum Gasteiger partial charge on any atom is -0.494 e. The highest BCUT2D eigenvalue weighted by Gasteiger charge is 2.28. The zero-order valence-corrected chi connectivity index (χ0v) is 14.3. The standard InChI is InChI=1S/C18H15N3O5/c1-8-6-10(19)16(21-14(8)18(24)26-3)11-5-4-9-15(20-11)13(25-2)7-12(22)17(9)23/h4-7H,19H2,1-3H3. The van der Waals surface area contributed by atoms with E-state index in [9.17, 15) is 14.4 Å². The molecule has 0 aliphatic heterocycles. The molecule has 2 heterocycles. The predicted molar refractivity (Wildman–Crippen MR) is 92.3 cm³/mol. The Hall–Kier alpha value is -3.55. The summed E-state index contributed by atoms with van der Waals surface area (Å²) in [5, 5.41) is 0. The van der Waals surface area contributed by atoms with E-state index in [2.05, 4.69) is 9.97 Å². The van der Waals surface area contributed by atoms with Crippen molar-refractivity contribution < 1.29 is 23.9 Å². The lowest BCUT2D eigenvalue weighted by Crippen LogP contribution is -2.20. The van der Waals surface area contributed by atoms with Crippen LogP contribution in [0.4, 0.5) is 5.69 Å². The van der Waals surface area contributed by atoms with Crippen LogP contribution in [0, 0.1) is 6.92 Å². The van der Waals surface area contributed by atoms with Gasteiger partial charge in [0.2, 0.25) is 11.6 Å². The molecule has 0 fully saturated rings. The Morgan fingerprint density at radius 1 is 1.12 bits per heavy atom. The summed E-state index contributed by atoms with van der Waals surface area (Å²) in [6.45, 7) is 1.69. The minimum absolute atomic E-state index is 0.116. The maximum atomic E-state index is 12.0. The molecule has 2 aromatic heterocycles. The third kappa shape index (κ3) is 2.71. The molecular weight excluding hydrogens is 338 g/mol. The van der Waals surface area contributed by atoms with Crippen LogP contribution in [-0.4, -0.2) is 41.7 Å². The van der Waals surface area contributed by atoms with E-state index in [0.29, 0.717) is 16.9 Å². The summed E-state index contributed by atoms with van der Waals surface area (Å²) in [6.07, 6.45) is 1.09. The maximum Gasteiger partial charge on any atom is 0.356 e. The number of aromatic nitrogens is 2. The minimum atomic E-state index is -0.676. The van der Waals surface area contributed by atoms with Crippen LogP contribution in [0.2, 0.25) is 0 Å². The number of nitrogen functional groups attached to an aromatic ring is 1. The van der Waals surface area contributed by atoms with E-state index in [-0.39, 0.29) is 28.4 Å². The van der Waals surface area contributed by atoms with Gasteiger partial charge in [0.25, 0.3) is 0 Å². The number of nitrogens with two attached hydrogens (primary N) is 1. The molecule has 0 amide bonds. The molecule has 0 bridgehead atoms. The number of methoxy groups -OCH3 is 2. The van der Waals surface area contributed by atoms with Crippen molar-refractivity contribution in [2.45, 2.75) is 6.92 Å². The van der Waals surface area contributed by atoms with E-state index in [0.717, 1.165) is 6.08 Å². The third-order valence-corrected chi connectivity index (χ3v) is 3.94. The highest BCUT2D eigenvalue weighted by Crippen LogP contribution is 2.30. The quantitative estimate of drug-likeness (QED) is 0.652. The number of nitrogens with zero attached hydrogens (tertiary/aromatic N) is 2. The van der Waals surface area contributed by atoms with Crippen LogP contribution >= 0.6 is 0 Å². The summed E-state index contributed by atoms with van der Waals surface area (Å²) in [5.74, 6) is -1.77. The van der Waals surface area contributed by atoms with Crippen LogP contribution < -0.4 is 5.73 Å². The lowest BCUT2D eigenvalue weighted by molar-refractivity contribution is -0.111. The van der Waals surface area contributed by atoms with Gasteiger partial charge in [-0.25, -0.2) is 14.8 Å². The number of anilines is 1. The molecule has 8 nitrogen and oxygen atoms in total. The van der Waals surface area contributed by atoms with E-state index in [4.69, 9.17) is 15.2 Å². The van der Waals surface area contributed by atoms with E-state index in [1.807, 2.05) is 0 Å². The van der Waals surface area contributed by atoms with Crippen LogP contribution in [-0.2, 0) is 14.3 Å². The fraction of sp³-hybridized carbons (Fsp3) is 0.167. The van der Waals surface area contributed by atoms with Gasteiger partial charge < -0.3 is 15.2 Å². The Morgan fingerprint density at radius 3 is 2.50 bits per heavy atom. The highest BCUT2D eigenvalue weighted by molar-refractivity contribution is 6.50. The van der Waals surface area contributed by atoms with E-state index in [1.165, 1.54) is 26.4 Å². The molecule has 0 spiro atoms. The van der Waals surface area contributed by atoms with Crippen LogP contribution in [0.5, 0.6) is 0 Å². The number of aryl methyl sites for hydroxylation is 1. The zero-order valence-electron chi connectivity index (χ0n) is 14.3. The molecule has 0 aromatic carbocycles. The van der Waals surface area contributed by atoms with Crippen molar-refractivity contribution in [3.8, 4) is 11.4 Å². The van der Waals surface area contributed by atoms with Crippen LogP contribution in [0.1, 0.15) is 32.1 Å². The van der Waals surface area contributed by atoms with E-state index >= 15 is 0 Å². The average molecular weight is 353 g/mol. The first-order valence-corrected chi connectivity index (χ1v) is 7.59. The van der Waals surface area contributed by atoms with Gasteiger partial charge in [-0.3, -0.25) is 9.59 Å². The molecule has 132 valence electrons. The largest absolute Gasteiger partial charge is 0.494 e. The summed E-state index contributed by atoms with van der Waals surface area (Å²) in [6, 6.07) is 4.57. The number of ketones is 2. The van der Waals surface area contributed by atoms with Crippen molar-refractivity contribution >= 4 is 29.0 Å². The number of carbonyl (C=O) groups is 3. The van der Waals surface area contributed by atoms with Gasteiger partial charge in [0.15, 0.2) is 5.69 Å². The van der Waals surface area contributed by atoms with Crippen LogP contribution in [0.25, 0.3) is 17.1 Å². The molecule has 1 aliphatic carbocycles. The summed E-state index contributed by atoms with van der Waals surface area (Å²) < 4.78 is 9.88. The third-order valence-electron chi connectivity index (χ3n) is 3.94. The second-order valence-electron chi connectivity index (χ2n) is 5.58. The molecule has 8 heteroatoms. The first kappa shape index (κ1) is 17.3. The van der Waals surface area contributed by atoms with Crippen molar-refractivity contribution in [2.75, 3.05) is 20.0 Å². The first-order valence-electron chi connectivity index (χ1n) is 7.59. The summed E-state index contributed by atoms with van der Waals surface area (Å²) in [7, 11) is 2.63. The van der Waals surface area contributed by atoms with Gasteiger partial charge in [-0.2, -0.15) is 0 Å². The van der Waals surface area contributed by atoms with Gasteiger partial charge in [-0.15, -0.1) is 0 Å². The topological polar surface area (TPSA) is 121 Å². The summed E-state index contributed by atoms with van der Waals surface area (Å²) >= 11 is 0. The van der Waals surface area contributed by atoms with Gasteiger partial charge in [-0.05, 0) is 30.7 Å². The predicted octanol–water partition coefficient (Wildman–Crippen LogP) is 1.57. The SMILES string of the molecule is COC(=O)c1nc(-c2ccc3c(n2)C(OC)=CC(=O)C3=O)c(N)cc1C. The van der Waals surface area contributed by atoms with Crippen molar-refractivity contribution in [1.82, 2.24) is 9.97 Å². The maximum absolute atomic E-state index is 12.0. The number of ether oxygens (including phenoxy) is 2. The van der Waals surface area contributed by atoms with Gasteiger partial charge >= 0.3 is 5.97 Å². The van der Waals surface area contributed by atoms with Crippen LogP contribution in [0.3, 0.4) is 0 Å². The molecule has 0 unspecified atom stereocenters. The monoisotopic (exact) mass is 353 g/mol. The van der Waals surface area contributed by atoms with Gasteiger partial charge in [0.1, 0.15) is 17.1 Å². The van der Waals surface area contributed by atoms with Crippen molar-refractivity contribution in [2.24, 2.45) is 0 Å². The number of rotatable bonds is 3. The zero-order chi connectivity index (χ0) is 19.0. The van der Waals surface area contributed by atoms with Crippen LogP contribution in [0.15, 0.2) is 24.3 Å². The Kier molecular flexibility index (Phi) is 4.25. The molecule has 0 saturated heterocycles. The number of fused-ring (bicyclic) bond motifs is 1. The van der Waals surface area contributed by atoms with E-state index in [1.54, 1.807) is 13.0 Å². The highest BCUT2D eigenvalue weighted by atomic mass is 16.5. The second kappa shape index (κ2) is 6.40. The molecule has 0 radical (unpaired) electrons. The van der Waals surface area contributed by atoms with Crippen molar-refractivity contribution in [3.63, 3.8) is 0 Å². The smallest absolute Gasteiger partial charge is 0.356 e. The number of Topliss-reactive ketones (excluding diaryl/α,β-unsaturated/α-hetero) is 1. The molecule has 3 rings (SSSR count). The van der Waals surface area contributed by atoms with Gasteiger partial charge in [0.05, 0.1) is 31.2 Å². The fourth-order valence-electron chi connectivity index (χ4n) is 2.65. The Bertz CT molecular complexity index is 995. The molecule has 1 aliphatic rings. The van der Waals surface area contributed by atoms with Gasteiger partial charge in [-0.1, -0.05) is 0 Å². The number of pyridine rings is 2. The summed E-state index contributed by atoms with van der Waals surface area (Å²) in [4.78, 5) is 44.3. The van der Waals surface area contributed by atoms with Gasteiger partial charge in [0, 0.05) is 6.08 Å². The normalized spacial score (nSPS) is 13.1. The summed E-state index contributed by atoms with van der Waals surface area (Å²) in [5.41, 5.74) is 7.97. The first-order chi connectivity index (χ1) is 12.4. The fourth-order valence-corrected chi connectivity index (χ4v) is 2.65. The Morgan fingerprint density at radius 2 is 1.85 bits per heavy atom. The molecule has 2 N–H and O–H groups in total. The number of hydrogen-bond acceptors (Lipinski definition) is 8. The number of hydrogen-bond donors (Lipinski definition) is 1. The lowest BCUT2D eigenvalue weighted by Gasteiger charge is -2.16. The van der Waals surface area contributed by atoms with Crippen molar-refractivity contribution in [1.29, 1.82) is 0 Å². The van der Waals surface area contributed by atoms with Crippen molar-refractivity contribution in [3.05, 3.63) is 46.8 Å². The molecule has 2 aromatic rings. The number of carbonyl (C=O) groups excluding carboxylic acids is 3. The Labute approximate surface area is 148 Å². The lowest BCUT2D eigenvalue weighted by atomic mass is 9.97. The molecule has 0 atom stereocenters. The molecule has 0 saturated carbocycles. The molecular formula is C18H15N3O5. The number of allylic oxidation sites excluding steroid dienone is 1. The average Bonchev–Trinajstić information content (AvgIpc) is 2.63. The molecule has 26 heavy (non-hydrogen) atoms.